The number of hydrogen-bond acceptors (Lipinski definition) is 5. The van der Waals surface area contributed by atoms with Crippen LogP contribution in [0.15, 0.2) is 78.2 Å². The molecule has 2 heterocycles. The van der Waals surface area contributed by atoms with Crippen LogP contribution in [0.1, 0.15) is 12.5 Å². The number of aromatic nitrogens is 4. The summed E-state index contributed by atoms with van der Waals surface area (Å²) in [6.07, 6.45) is 3.28. The molecule has 0 spiro atoms. The highest BCUT2D eigenvalue weighted by molar-refractivity contribution is 8.00. The summed E-state index contributed by atoms with van der Waals surface area (Å²) in [4.78, 5) is 23.4. The maximum atomic E-state index is 12.9. The molecule has 6 nitrogen and oxygen atoms in total. The van der Waals surface area contributed by atoms with Gasteiger partial charge in [-0.05, 0) is 24.6 Å². The largest absolute Gasteiger partial charge is 0.340 e. The fourth-order valence-electron chi connectivity index (χ4n) is 3.14. The lowest BCUT2D eigenvalue weighted by molar-refractivity contribution is -0.129. The van der Waals surface area contributed by atoms with E-state index in [0.29, 0.717) is 6.54 Å². The summed E-state index contributed by atoms with van der Waals surface area (Å²) in [5.74, 6) is 0.0565. The van der Waals surface area contributed by atoms with Gasteiger partial charge in [0.1, 0.15) is 11.4 Å². The second-order valence-corrected chi connectivity index (χ2v) is 8.08. The SMILES string of the molecule is CC(Sc1ncnc2c1cnn2-c1ccccc1)C(=O)N(C)Cc1ccccc1. The summed E-state index contributed by atoms with van der Waals surface area (Å²) >= 11 is 1.43. The van der Waals surface area contributed by atoms with E-state index in [1.165, 1.54) is 18.1 Å². The van der Waals surface area contributed by atoms with Gasteiger partial charge in [0.25, 0.3) is 0 Å². The minimum absolute atomic E-state index is 0.0565. The fraction of sp³-hybridized carbons (Fsp3) is 0.182. The van der Waals surface area contributed by atoms with Gasteiger partial charge in [0.15, 0.2) is 5.65 Å². The highest BCUT2D eigenvalue weighted by atomic mass is 32.2. The van der Waals surface area contributed by atoms with Gasteiger partial charge in [-0.15, -0.1) is 0 Å². The number of hydrogen-bond donors (Lipinski definition) is 0. The van der Waals surface area contributed by atoms with Crippen molar-refractivity contribution in [3.8, 4) is 5.69 Å². The molecule has 4 rings (SSSR count). The van der Waals surface area contributed by atoms with Crippen molar-refractivity contribution < 1.29 is 4.79 Å². The number of carbonyl (C=O) groups is 1. The van der Waals surface area contributed by atoms with E-state index in [9.17, 15) is 4.79 Å². The maximum Gasteiger partial charge on any atom is 0.235 e. The average molecular weight is 404 g/mol. The van der Waals surface area contributed by atoms with Crippen molar-refractivity contribution in [1.29, 1.82) is 0 Å². The van der Waals surface area contributed by atoms with Gasteiger partial charge in [-0.2, -0.15) is 5.10 Å². The molecule has 0 fully saturated rings. The number of para-hydroxylation sites is 1. The molecule has 2 aromatic heterocycles. The van der Waals surface area contributed by atoms with Gasteiger partial charge in [0, 0.05) is 13.6 Å². The Morgan fingerprint density at radius 2 is 1.76 bits per heavy atom. The Balaban J connectivity index is 1.53. The van der Waals surface area contributed by atoms with Crippen LogP contribution in [0.2, 0.25) is 0 Å². The molecular formula is C22H21N5OS. The molecule has 7 heteroatoms. The van der Waals surface area contributed by atoms with E-state index in [1.807, 2.05) is 74.6 Å². The lowest BCUT2D eigenvalue weighted by Gasteiger charge is -2.21. The topological polar surface area (TPSA) is 63.9 Å². The summed E-state index contributed by atoms with van der Waals surface area (Å²) < 4.78 is 1.79. The highest BCUT2D eigenvalue weighted by Gasteiger charge is 2.21. The first-order valence-corrected chi connectivity index (χ1v) is 10.2. The van der Waals surface area contributed by atoms with Gasteiger partial charge >= 0.3 is 0 Å². The van der Waals surface area contributed by atoms with Crippen LogP contribution < -0.4 is 0 Å². The van der Waals surface area contributed by atoms with Crippen molar-refractivity contribution in [2.45, 2.75) is 23.7 Å². The number of carbonyl (C=O) groups excluding carboxylic acids is 1. The minimum atomic E-state index is -0.276. The Kier molecular flexibility index (Phi) is 5.57. The summed E-state index contributed by atoms with van der Waals surface area (Å²) in [7, 11) is 1.83. The molecule has 146 valence electrons. The van der Waals surface area contributed by atoms with Crippen molar-refractivity contribution in [3.05, 3.63) is 78.8 Å². The van der Waals surface area contributed by atoms with E-state index in [0.717, 1.165) is 27.3 Å². The van der Waals surface area contributed by atoms with E-state index in [1.54, 1.807) is 15.8 Å². The number of fused-ring (bicyclic) bond motifs is 1. The maximum absolute atomic E-state index is 12.9. The molecule has 2 aromatic carbocycles. The number of benzene rings is 2. The van der Waals surface area contributed by atoms with Gasteiger partial charge < -0.3 is 4.90 Å². The third kappa shape index (κ3) is 4.14. The lowest BCUT2D eigenvalue weighted by atomic mass is 10.2. The normalized spacial score (nSPS) is 12.1. The molecule has 0 bridgehead atoms. The van der Waals surface area contributed by atoms with Crippen LogP contribution >= 0.6 is 11.8 Å². The first-order valence-electron chi connectivity index (χ1n) is 9.33. The molecule has 1 amide bonds. The molecule has 4 aromatic rings. The van der Waals surface area contributed by atoms with Gasteiger partial charge in [-0.1, -0.05) is 60.3 Å². The van der Waals surface area contributed by atoms with Crippen molar-refractivity contribution in [1.82, 2.24) is 24.6 Å². The molecule has 0 aliphatic rings. The fourth-order valence-corrected chi connectivity index (χ4v) is 4.13. The second kappa shape index (κ2) is 8.45. The molecular weight excluding hydrogens is 382 g/mol. The van der Waals surface area contributed by atoms with Crippen molar-refractivity contribution >= 4 is 28.7 Å². The average Bonchev–Trinajstić information content (AvgIpc) is 3.19. The van der Waals surface area contributed by atoms with Crippen LogP contribution in [0.4, 0.5) is 0 Å². The second-order valence-electron chi connectivity index (χ2n) is 6.75. The van der Waals surface area contributed by atoms with E-state index in [-0.39, 0.29) is 11.2 Å². The molecule has 0 saturated heterocycles. The van der Waals surface area contributed by atoms with E-state index < -0.39 is 0 Å². The van der Waals surface area contributed by atoms with Crippen LogP contribution in [0.3, 0.4) is 0 Å². The highest BCUT2D eigenvalue weighted by Crippen LogP contribution is 2.29. The first kappa shape index (κ1) is 19.1. The van der Waals surface area contributed by atoms with Gasteiger partial charge in [-0.3, -0.25) is 4.79 Å². The number of amides is 1. The van der Waals surface area contributed by atoms with Gasteiger partial charge in [0.2, 0.25) is 5.91 Å². The standard InChI is InChI=1S/C22H21N5OS/c1-16(22(28)26(2)14-17-9-5-3-6-10-17)29-21-19-13-25-27(20(19)23-15-24-21)18-11-7-4-8-12-18/h3-13,15-16H,14H2,1-2H3. The van der Waals surface area contributed by atoms with Crippen molar-refractivity contribution in [3.63, 3.8) is 0 Å². The van der Waals surface area contributed by atoms with Gasteiger partial charge in [0.05, 0.1) is 22.5 Å². The lowest BCUT2D eigenvalue weighted by Crippen LogP contribution is -2.32. The van der Waals surface area contributed by atoms with Crippen LogP contribution in [-0.4, -0.2) is 42.9 Å². The predicted molar refractivity (Wildman–Crippen MR) is 115 cm³/mol. The summed E-state index contributed by atoms with van der Waals surface area (Å²) in [6.45, 7) is 2.49. The zero-order chi connectivity index (χ0) is 20.2. The third-order valence-corrected chi connectivity index (χ3v) is 5.71. The Hall–Kier alpha value is -3.19. The predicted octanol–water partition coefficient (Wildman–Crippen LogP) is 3.95. The molecule has 0 aliphatic heterocycles. The number of rotatable bonds is 6. The summed E-state index contributed by atoms with van der Waals surface area (Å²) in [6, 6.07) is 19.8. The zero-order valence-corrected chi connectivity index (χ0v) is 17.1. The third-order valence-electron chi connectivity index (χ3n) is 4.60. The van der Waals surface area contributed by atoms with Gasteiger partial charge in [-0.25, -0.2) is 14.6 Å². The Morgan fingerprint density at radius 3 is 2.48 bits per heavy atom. The quantitative estimate of drug-likeness (QED) is 0.360. The molecule has 0 saturated carbocycles. The minimum Gasteiger partial charge on any atom is -0.340 e. The first-order chi connectivity index (χ1) is 14.1. The summed E-state index contributed by atoms with van der Waals surface area (Å²) in [5.41, 5.74) is 2.77. The van der Waals surface area contributed by atoms with Crippen LogP contribution in [-0.2, 0) is 11.3 Å². The zero-order valence-electron chi connectivity index (χ0n) is 16.3. The molecule has 0 N–H and O–H groups in total. The van der Waals surface area contributed by atoms with Crippen molar-refractivity contribution in [2.75, 3.05) is 7.05 Å². The van der Waals surface area contributed by atoms with E-state index in [4.69, 9.17) is 0 Å². The molecule has 0 aliphatic carbocycles. The Bertz CT molecular complexity index is 1110. The molecule has 29 heavy (non-hydrogen) atoms. The van der Waals surface area contributed by atoms with Crippen LogP contribution in [0.25, 0.3) is 16.7 Å². The molecule has 1 unspecified atom stereocenters. The number of thioether (sulfide) groups is 1. The molecule has 1 atom stereocenters. The van der Waals surface area contributed by atoms with Crippen LogP contribution in [0.5, 0.6) is 0 Å². The Morgan fingerprint density at radius 1 is 1.07 bits per heavy atom. The van der Waals surface area contributed by atoms with E-state index >= 15 is 0 Å². The molecule has 0 radical (unpaired) electrons. The van der Waals surface area contributed by atoms with E-state index in [2.05, 4.69) is 15.1 Å². The van der Waals surface area contributed by atoms with Crippen molar-refractivity contribution in [2.24, 2.45) is 0 Å². The number of nitrogens with zero attached hydrogens (tertiary/aromatic N) is 5. The summed E-state index contributed by atoms with van der Waals surface area (Å²) in [5, 5.41) is 5.79. The Labute approximate surface area is 173 Å². The monoisotopic (exact) mass is 403 g/mol. The van der Waals surface area contributed by atoms with Crippen LogP contribution in [0, 0.1) is 0 Å². The smallest absolute Gasteiger partial charge is 0.235 e.